The van der Waals surface area contributed by atoms with Crippen molar-refractivity contribution in [1.29, 1.82) is 0 Å². The van der Waals surface area contributed by atoms with Gasteiger partial charge in [0.2, 0.25) is 11.8 Å². The minimum absolute atomic E-state index is 0.0259. The van der Waals surface area contributed by atoms with Crippen molar-refractivity contribution in [2.45, 2.75) is 33.6 Å². The molecule has 0 radical (unpaired) electrons. The van der Waals surface area contributed by atoms with Crippen LogP contribution in [0.2, 0.25) is 0 Å². The molecule has 0 unspecified atom stereocenters. The van der Waals surface area contributed by atoms with Gasteiger partial charge < -0.3 is 20.1 Å². The molecule has 0 bridgehead atoms. The maximum absolute atomic E-state index is 11.9. The van der Waals surface area contributed by atoms with Crippen molar-refractivity contribution in [3.8, 4) is 11.5 Å². The summed E-state index contributed by atoms with van der Waals surface area (Å²) in [5, 5.41) is 5.60. The van der Waals surface area contributed by atoms with E-state index in [2.05, 4.69) is 10.6 Å². The van der Waals surface area contributed by atoms with E-state index >= 15 is 0 Å². The molecule has 0 fully saturated rings. The van der Waals surface area contributed by atoms with Crippen LogP contribution >= 0.6 is 0 Å². The molecule has 1 rings (SSSR count). The lowest BCUT2D eigenvalue weighted by atomic mass is 9.96. The third kappa shape index (κ3) is 6.48. The normalized spacial score (nSPS) is 10.9. The third-order valence-corrected chi connectivity index (χ3v) is 3.50. The van der Waals surface area contributed by atoms with Gasteiger partial charge in [-0.25, -0.2) is 0 Å². The lowest BCUT2D eigenvalue weighted by Gasteiger charge is -2.17. The number of methoxy groups -OCH3 is 2. The first-order valence-electron chi connectivity index (χ1n) is 8.04. The van der Waals surface area contributed by atoms with Gasteiger partial charge in [-0.3, -0.25) is 9.59 Å². The summed E-state index contributed by atoms with van der Waals surface area (Å²) in [7, 11) is 3.17. The van der Waals surface area contributed by atoms with E-state index in [0.29, 0.717) is 37.4 Å². The van der Waals surface area contributed by atoms with Crippen LogP contribution in [0, 0.1) is 5.41 Å². The average Bonchev–Trinajstić information content (AvgIpc) is 2.55. The van der Waals surface area contributed by atoms with Gasteiger partial charge in [0.15, 0.2) is 11.5 Å². The van der Waals surface area contributed by atoms with Gasteiger partial charge >= 0.3 is 0 Å². The molecule has 6 heteroatoms. The number of rotatable bonds is 8. The van der Waals surface area contributed by atoms with Gasteiger partial charge in [-0.05, 0) is 24.1 Å². The fourth-order valence-electron chi connectivity index (χ4n) is 2.03. The largest absolute Gasteiger partial charge is 0.493 e. The van der Waals surface area contributed by atoms with Crippen molar-refractivity contribution >= 4 is 11.8 Å². The molecule has 0 aliphatic heterocycles. The first-order valence-corrected chi connectivity index (χ1v) is 8.04. The van der Waals surface area contributed by atoms with E-state index in [1.807, 2.05) is 39.0 Å². The first kappa shape index (κ1) is 19.8. The van der Waals surface area contributed by atoms with Gasteiger partial charge in [-0.2, -0.15) is 0 Å². The van der Waals surface area contributed by atoms with Crippen molar-refractivity contribution in [3.05, 3.63) is 23.8 Å². The maximum atomic E-state index is 11.9. The molecule has 0 aromatic heterocycles. The highest BCUT2D eigenvalue weighted by molar-refractivity contribution is 5.81. The number of hydrogen-bond donors (Lipinski definition) is 2. The zero-order valence-electron chi connectivity index (χ0n) is 15.2. The number of ether oxygens (including phenoxy) is 2. The summed E-state index contributed by atoms with van der Waals surface area (Å²) in [5.74, 6) is 1.25. The zero-order chi connectivity index (χ0) is 18.2. The fraction of sp³-hybridized carbons (Fsp3) is 0.556. The van der Waals surface area contributed by atoms with Crippen molar-refractivity contribution < 1.29 is 19.1 Å². The van der Waals surface area contributed by atoms with Gasteiger partial charge in [0.05, 0.1) is 14.2 Å². The molecular weight excluding hydrogens is 308 g/mol. The molecule has 6 nitrogen and oxygen atoms in total. The fourth-order valence-corrected chi connectivity index (χ4v) is 2.03. The molecule has 0 aliphatic rings. The summed E-state index contributed by atoms with van der Waals surface area (Å²) in [6, 6.07) is 5.61. The summed E-state index contributed by atoms with van der Waals surface area (Å²) in [4.78, 5) is 23.5. The standard InChI is InChI=1S/C18H28N2O4/c1-18(2,3)17(22)20-11-10-19-16(21)9-7-13-6-8-14(23-4)15(12-13)24-5/h6,8,12H,7,9-11H2,1-5H3,(H,19,21)(H,20,22). The van der Waals surface area contributed by atoms with Crippen molar-refractivity contribution in [2.24, 2.45) is 5.41 Å². The zero-order valence-corrected chi connectivity index (χ0v) is 15.2. The van der Waals surface area contributed by atoms with E-state index < -0.39 is 5.41 Å². The Hall–Kier alpha value is -2.24. The summed E-state index contributed by atoms with van der Waals surface area (Å²) >= 11 is 0. The lowest BCUT2D eigenvalue weighted by molar-refractivity contribution is -0.128. The molecule has 0 saturated heterocycles. The van der Waals surface area contributed by atoms with Crippen LogP contribution in [-0.2, 0) is 16.0 Å². The SMILES string of the molecule is COc1ccc(CCC(=O)NCCNC(=O)C(C)(C)C)cc1OC. The number of carbonyl (C=O) groups excluding carboxylic acids is 2. The quantitative estimate of drug-likeness (QED) is 0.711. The van der Waals surface area contributed by atoms with Crippen molar-refractivity contribution in [3.63, 3.8) is 0 Å². The third-order valence-electron chi connectivity index (χ3n) is 3.50. The Morgan fingerprint density at radius 3 is 2.21 bits per heavy atom. The molecule has 1 aromatic rings. The highest BCUT2D eigenvalue weighted by Gasteiger charge is 2.20. The number of aryl methyl sites for hydroxylation is 1. The Kier molecular flexibility index (Phi) is 7.55. The monoisotopic (exact) mass is 336 g/mol. The van der Waals surface area contributed by atoms with Crippen molar-refractivity contribution in [2.75, 3.05) is 27.3 Å². The van der Waals surface area contributed by atoms with Crippen LogP contribution in [0.3, 0.4) is 0 Å². The van der Waals surface area contributed by atoms with Gasteiger partial charge in [0.1, 0.15) is 0 Å². The highest BCUT2D eigenvalue weighted by Crippen LogP contribution is 2.27. The van der Waals surface area contributed by atoms with Crippen LogP contribution in [0.25, 0.3) is 0 Å². The second-order valence-electron chi connectivity index (χ2n) is 6.55. The number of carbonyl (C=O) groups is 2. The van der Waals surface area contributed by atoms with Crippen LogP contribution in [0.1, 0.15) is 32.8 Å². The minimum Gasteiger partial charge on any atom is -0.493 e. The highest BCUT2D eigenvalue weighted by atomic mass is 16.5. The molecule has 134 valence electrons. The molecule has 2 amide bonds. The molecule has 1 aromatic carbocycles. The number of hydrogen-bond acceptors (Lipinski definition) is 4. The second-order valence-corrected chi connectivity index (χ2v) is 6.55. The van der Waals surface area contributed by atoms with E-state index in [0.717, 1.165) is 5.56 Å². The average molecular weight is 336 g/mol. The predicted octanol–water partition coefficient (Wildman–Crippen LogP) is 1.91. The smallest absolute Gasteiger partial charge is 0.225 e. The molecular formula is C18H28N2O4. The molecule has 0 aliphatic carbocycles. The minimum atomic E-state index is -0.419. The molecule has 0 heterocycles. The Morgan fingerprint density at radius 2 is 1.62 bits per heavy atom. The van der Waals surface area contributed by atoms with E-state index in [-0.39, 0.29) is 11.8 Å². The van der Waals surface area contributed by atoms with Gasteiger partial charge in [0.25, 0.3) is 0 Å². The molecule has 0 saturated carbocycles. The van der Waals surface area contributed by atoms with Crippen LogP contribution in [0.5, 0.6) is 11.5 Å². The number of amides is 2. The molecule has 0 spiro atoms. The van der Waals surface area contributed by atoms with Crippen LogP contribution < -0.4 is 20.1 Å². The van der Waals surface area contributed by atoms with Crippen molar-refractivity contribution in [1.82, 2.24) is 10.6 Å². The van der Waals surface area contributed by atoms with E-state index in [4.69, 9.17) is 9.47 Å². The van der Waals surface area contributed by atoms with Crippen LogP contribution in [0.4, 0.5) is 0 Å². The Labute approximate surface area is 143 Å². The van der Waals surface area contributed by atoms with Crippen LogP contribution in [-0.4, -0.2) is 39.1 Å². The Bertz CT molecular complexity index is 565. The van der Waals surface area contributed by atoms with E-state index in [1.165, 1.54) is 0 Å². The summed E-state index contributed by atoms with van der Waals surface area (Å²) in [5.41, 5.74) is 0.584. The molecule has 24 heavy (non-hydrogen) atoms. The molecule has 2 N–H and O–H groups in total. The Morgan fingerprint density at radius 1 is 1.00 bits per heavy atom. The summed E-state index contributed by atoms with van der Waals surface area (Å²) in [6.45, 7) is 6.41. The second kappa shape index (κ2) is 9.15. The summed E-state index contributed by atoms with van der Waals surface area (Å²) in [6.07, 6.45) is 0.989. The van der Waals surface area contributed by atoms with Gasteiger partial charge in [0, 0.05) is 24.9 Å². The van der Waals surface area contributed by atoms with E-state index in [9.17, 15) is 9.59 Å². The number of benzene rings is 1. The number of nitrogens with one attached hydrogen (secondary N) is 2. The maximum Gasteiger partial charge on any atom is 0.225 e. The van der Waals surface area contributed by atoms with Crippen LogP contribution in [0.15, 0.2) is 18.2 Å². The van der Waals surface area contributed by atoms with Gasteiger partial charge in [-0.1, -0.05) is 26.8 Å². The topological polar surface area (TPSA) is 76.7 Å². The Balaban J connectivity index is 2.33. The lowest BCUT2D eigenvalue weighted by Crippen LogP contribution is -2.39. The van der Waals surface area contributed by atoms with Gasteiger partial charge in [-0.15, -0.1) is 0 Å². The first-order chi connectivity index (χ1) is 11.3. The molecule has 0 atom stereocenters. The predicted molar refractivity (Wildman–Crippen MR) is 93.3 cm³/mol. The van der Waals surface area contributed by atoms with E-state index in [1.54, 1.807) is 14.2 Å². The summed E-state index contributed by atoms with van der Waals surface area (Å²) < 4.78 is 10.4.